The first-order chi connectivity index (χ1) is 6.06. The normalized spacial score (nSPS) is 10.9. The van der Waals surface area contributed by atoms with Crippen LogP contribution >= 0.6 is 0 Å². The lowest BCUT2D eigenvalue weighted by atomic mass is 9.97. The van der Waals surface area contributed by atoms with Gasteiger partial charge in [0.25, 0.3) is 0 Å². The van der Waals surface area contributed by atoms with Gasteiger partial charge in [-0.2, -0.15) is 0 Å². The molecule has 0 aliphatic heterocycles. The van der Waals surface area contributed by atoms with Crippen molar-refractivity contribution in [2.45, 2.75) is 26.4 Å². The summed E-state index contributed by atoms with van der Waals surface area (Å²) in [5, 5.41) is 8.89. The summed E-state index contributed by atoms with van der Waals surface area (Å²) in [7, 11) is 0. The van der Waals surface area contributed by atoms with E-state index in [0.29, 0.717) is 11.1 Å². The van der Waals surface area contributed by atoms with Crippen molar-refractivity contribution in [1.29, 1.82) is 0 Å². The molecule has 0 spiro atoms. The average Bonchev–Trinajstić information content (AvgIpc) is 2.08. The molecule has 0 aromatic heterocycles. The summed E-state index contributed by atoms with van der Waals surface area (Å²) in [6.45, 7) is 3.47. The van der Waals surface area contributed by atoms with Gasteiger partial charge in [0.15, 0.2) is 11.6 Å². The zero-order chi connectivity index (χ0) is 10.0. The van der Waals surface area contributed by atoms with Crippen LogP contribution in [-0.4, -0.2) is 5.11 Å². The largest absolute Gasteiger partial charge is 0.392 e. The maximum Gasteiger partial charge on any atom is 0.159 e. The van der Waals surface area contributed by atoms with E-state index < -0.39 is 11.6 Å². The van der Waals surface area contributed by atoms with Crippen LogP contribution in [-0.2, 0) is 6.61 Å². The zero-order valence-electron chi connectivity index (χ0n) is 7.64. The molecule has 1 N–H and O–H groups in total. The Kier molecular flexibility index (Phi) is 2.98. The Bertz CT molecular complexity index is 308. The standard InChI is InChI=1S/C10H12F2O/c1-6(2)8-4-10(12)9(11)3-7(8)5-13/h3-4,6,13H,5H2,1-2H3. The van der Waals surface area contributed by atoms with Crippen LogP contribution < -0.4 is 0 Å². The van der Waals surface area contributed by atoms with Crippen molar-refractivity contribution in [1.82, 2.24) is 0 Å². The predicted molar refractivity (Wildman–Crippen MR) is 46.4 cm³/mol. The Hall–Kier alpha value is -0.960. The summed E-state index contributed by atoms with van der Waals surface area (Å²) in [6.07, 6.45) is 0. The highest BCUT2D eigenvalue weighted by atomic mass is 19.2. The van der Waals surface area contributed by atoms with Gasteiger partial charge in [-0.25, -0.2) is 8.78 Å². The number of rotatable bonds is 2. The second-order valence-corrected chi connectivity index (χ2v) is 3.28. The van der Waals surface area contributed by atoms with Gasteiger partial charge in [0.05, 0.1) is 6.61 Å². The molecule has 1 aromatic rings. The van der Waals surface area contributed by atoms with Crippen LogP contribution in [0, 0.1) is 11.6 Å². The minimum absolute atomic E-state index is 0.0808. The van der Waals surface area contributed by atoms with Crippen LogP contribution in [0.1, 0.15) is 30.9 Å². The molecular weight excluding hydrogens is 174 g/mol. The van der Waals surface area contributed by atoms with Gasteiger partial charge in [0, 0.05) is 0 Å². The van der Waals surface area contributed by atoms with Gasteiger partial charge in [-0.05, 0) is 29.2 Å². The Morgan fingerprint density at radius 2 is 1.77 bits per heavy atom. The fraction of sp³-hybridized carbons (Fsp3) is 0.400. The maximum atomic E-state index is 12.8. The van der Waals surface area contributed by atoms with E-state index in [2.05, 4.69) is 0 Å². The van der Waals surface area contributed by atoms with Gasteiger partial charge < -0.3 is 5.11 Å². The van der Waals surface area contributed by atoms with Crippen LogP contribution in [0.3, 0.4) is 0 Å². The molecule has 0 atom stereocenters. The quantitative estimate of drug-likeness (QED) is 0.752. The first-order valence-corrected chi connectivity index (χ1v) is 4.15. The minimum Gasteiger partial charge on any atom is -0.392 e. The Balaban J connectivity index is 3.25. The van der Waals surface area contributed by atoms with E-state index in [-0.39, 0.29) is 12.5 Å². The second-order valence-electron chi connectivity index (χ2n) is 3.28. The summed E-state index contributed by atoms with van der Waals surface area (Å²) in [5.74, 6) is -1.69. The number of aliphatic hydroxyl groups is 1. The SMILES string of the molecule is CC(C)c1cc(F)c(F)cc1CO. The van der Waals surface area contributed by atoms with Gasteiger partial charge in [-0.1, -0.05) is 13.8 Å². The summed E-state index contributed by atoms with van der Waals surface area (Å²) in [6, 6.07) is 2.19. The van der Waals surface area contributed by atoms with Crippen LogP contribution in [0.5, 0.6) is 0 Å². The minimum atomic E-state index is -0.909. The Morgan fingerprint density at radius 1 is 1.23 bits per heavy atom. The van der Waals surface area contributed by atoms with Gasteiger partial charge in [-0.15, -0.1) is 0 Å². The molecule has 0 saturated carbocycles. The molecule has 0 saturated heterocycles. The maximum absolute atomic E-state index is 12.8. The molecule has 3 heteroatoms. The third-order valence-corrected chi connectivity index (χ3v) is 1.97. The van der Waals surface area contributed by atoms with E-state index in [1.807, 2.05) is 13.8 Å². The van der Waals surface area contributed by atoms with Crippen LogP contribution in [0.2, 0.25) is 0 Å². The van der Waals surface area contributed by atoms with E-state index >= 15 is 0 Å². The molecule has 0 amide bonds. The highest BCUT2D eigenvalue weighted by Gasteiger charge is 2.11. The van der Waals surface area contributed by atoms with Crippen molar-refractivity contribution in [3.63, 3.8) is 0 Å². The number of hydrogen-bond donors (Lipinski definition) is 1. The zero-order valence-corrected chi connectivity index (χ0v) is 7.64. The molecule has 0 aliphatic carbocycles. The molecule has 13 heavy (non-hydrogen) atoms. The smallest absolute Gasteiger partial charge is 0.159 e. The van der Waals surface area contributed by atoms with Crippen molar-refractivity contribution in [3.8, 4) is 0 Å². The second kappa shape index (κ2) is 3.83. The number of halogens is 2. The van der Waals surface area contributed by atoms with E-state index in [9.17, 15) is 8.78 Å². The molecule has 0 fully saturated rings. The van der Waals surface area contributed by atoms with Crippen molar-refractivity contribution >= 4 is 0 Å². The first kappa shape index (κ1) is 10.1. The summed E-state index contributed by atoms with van der Waals surface area (Å²) >= 11 is 0. The van der Waals surface area contributed by atoms with Crippen molar-refractivity contribution in [2.75, 3.05) is 0 Å². The van der Waals surface area contributed by atoms with E-state index in [0.717, 1.165) is 12.1 Å². The topological polar surface area (TPSA) is 20.2 Å². The fourth-order valence-electron chi connectivity index (χ4n) is 1.28. The monoisotopic (exact) mass is 186 g/mol. The Morgan fingerprint density at radius 3 is 2.23 bits per heavy atom. The lowest BCUT2D eigenvalue weighted by Crippen LogP contribution is -1.99. The molecule has 0 aliphatic rings. The third-order valence-electron chi connectivity index (χ3n) is 1.97. The highest BCUT2D eigenvalue weighted by Crippen LogP contribution is 2.22. The van der Waals surface area contributed by atoms with Crippen LogP contribution in [0.15, 0.2) is 12.1 Å². The molecule has 72 valence electrons. The lowest BCUT2D eigenvalue weighted by molar-refractivity contribution is 0.279. The molecule has 0 heterocycles. The first-order valence-electron chi connectivity index (χ1n) is 4.15. The summed E-state index contributed by atoms with van der Waals surface area (Å²) in [4.78, 5) is 0. The van der Waals surface area contributed by atoms with Crippen molar-refractivity contribution in [3.05, 3.63) is 34.9 Å². The van der Waals surface area contributed by atoms with E-state index in [1.165, 1.54) is 0 Å². The lowest BCUT2D eigenvalue weighted by Gasteiger charge is -2.11. The van der Waals surface area contributed by atoms with E-state index in [4.69, 9.17) is 5.11 Å². The number of hydrogen-bond acceptors (Lipinski definition) is 1. The fourth-order valence-corrected chi connectivity index (χ4v) is 1.28. The van der Waals surface area contributed by atoms with Gasteiger partial charge in [0.2, 0.25) is 0 Å². The van der Waals surface area contributed by atoms with Crippen molar-refractivity contribution in [2.24, 2.45) is 0 Å². The molecule has 1 rings (SSSR count). The molecular formula is C10H12F2O. The van der Waals surface area contributed by atoms with Gasteiger partial charge in [-0.3, -0.25) is 0 Å². The molecule has 1 aromatic carbocycles. The van der Waals surface area contributed by atoms with Crippen LogP contribution in [0.25, 0.3) is 0 Å². The van der Waals surface area contributed by atoms with Crippen molar-refractivity contribution < 1.29 is 13.9 Å². The average molecular weight is 186 g/mol. The van der Waals surface area contributed by atoms with E-state index in [1.54, 1.807) is 0 Å². The molecule has 0 unspecified atom stereocenters. The third kappa shape index (κ3) is 2.04. The highest BCUT2D eigenvalue weighted by molar-refractivity contribution is 5.30. The predicted octanol–water partition coefficient (Wildman–Crippen LogP) is 2.58. The number of benzene rings is 1. The van der Waals surface area contributed by atoms with Gasteiger partial charge >= 0.3 is 0 Å². The summed E-state index contributed by atoms with van der Waals surface area (Å²) < 4.78 is 25.5. The van der Waals surface area contributed by atoms with Gasteiger partial charge in [0.1, 0.15) is 0 Å². The molecule has 0 bridgehead atoms. The Labute approximate surface area is 76.0 Å². The molecule has 0 radical (unpaired) electrons. The van der Waals surface area contributed by atoms with Crippen LogP contribution in [0.4, 0.5) is 8.78 Å². The molecule has 1 nitrogen and oxygen atoms in total. The summed E-state index contributed by atoms with van der Waals surface area (Å²) in [5.41, 5.74) is 1.11. The number of aliphatic hydroxyl groups excluding tert-OH is 1.